The second-order valence-electron chi connectivity index (χ2n) is 7.21. The number of carbonyl (C=O) groups is 2. The molecule has 2 aromatic carbocycles. The minimum absolute atomic E-state index is 0.0701. The van der Waals surface area contributed by atoms with E-state index in [-0.39, 0.29) is 18.2 Å². The molecule has 1 N–H and O–H groups in total. The Hall–Kier alpha value is -3.61. The predicted molar refractivity (Wildman–Crippen MR) is 109 cm³/mol. The maximum absolute atomic E-state index is 13.6. The van der Waals surface area contributed by atoms with Crippen molar-refractivity contribution in [2.45, 2.75) is 18.8 Å². The minimum atomic E-state index is -1.05. The van der Waals surface area contributed by atoms with Crippen LogP contribution in [-0.2, 0) is 15.0 Å². The van der Waals surface area contributed by atoms with E-state index in [2.05, 4.69) is 10.4 Å². The van der Waals surface area contributed by atoms with E-state index in [0.29, 0.717) is 12.4 Å². The van der Waals surface area contributed by atoms with Gasteiger partial charge in [0.05, 0.1) is 19.0 Å². The van der Waals surface area contributed by atoms with Gasteiger partial charge in [0.1, 0.15) is 17.0 Å². The third-order valence-electron chi connectivity index (χ3n) is 5.81. The van der Waals surface area contributed by atoms with Crippen molar-refractivity contribution in [3.63, 3.8) is 0 Å². The van der Waals surface area contributed by atoms with E-state index in [1.807, 2.05) is 55.5 Å². The molecule has 7 heteroatoms. The predicted octanol–water partition coefficient (Wildman–Crippen LogP) is 2.88. The van der Waals surface area contributed by atoms with E-state index in [1.165, 1.54) is 0 Å². The normalized spacial score (nSPS) is 19.9. The maximum Gasteiger partial charge on any atom is 0.242 e. The zero-order valence-electron chi connectivity index (χ0n) is 16.2. The molecule has 7 nitrogen and oxygen atoms in total. The number of aromatic nitrogens is 2. The van der Waals surface area contributed by atoms with Gasteiger partial charge in [-0.2, -0.15) is 5.10 Å². The lowest BCUT2D eigenvalue weighted by atomic mass is 9.72. The van der Waals surface area contributed by atoms with Crippen molar-refractivity contribution in [1.82, 2.24) is 9.78 Å². The van der Waals surface area contributed by atoms with Gasteiger partial charge in [-0.25, -0.2) is 4.68 Å². The Balaban J connectivity index is 1.72. The first-order valence-corrected chi connectivity index (χ1v) is 9.54. The van der Waals surface area contributed by atoms with Crippen molar-refractivity contribution in [2.75, 3.05) is 23.9 Å². The summed E-state index contributed by atoms with van der Waals surface area (Å²) in [6.45, 7) is 2.49. The third kappa shape index (κ3) is 2.27. The summed E-state index contributed by atoms with van der Waals surface area (Å²) in [5.41, 5.74) is 2.17. The third-order valence-corrected chi connectivity index (χ3v) is 5.81. The number of benzene rings is 2. The van der Waals surface area contributed by atoms with Crippen LogP contribution in [0.3, 0.4) is 0 Å². The summed E-state index contributed by atoms with van der Waals surface area (Å²) >= 11 is 0. The molecule has 2 aliphatic rings. The number of methoxy groups -OCH3 is 1. The summed E-state index contributed by atoms with van der Waals surface area (Å²) in [5, 5.41) is 7.46. The molecule has 1 aromatic heterocycles. The first kappa shape index (κ1) is 17.5. The molecule has 0 radical (unpaired) electrons. The van der Waals surface area contributed by atoms with Crippen molar-refractivity contribution in [3.05, 3.63) is 65.9 Å². The Morgan fingerprint density at radius 2 is 1.86 bits per heavy atom. The van der Waals surface area contributed by atoms with Gasteiger partial charge in [-0.3, -0.25) is 9.59 Å². The van der Waals surface area contributed by atoms with Gasteiger partial charge in [-0.15, -0.1) is 0 Å². The first-order valence-electron chi connectivity index (χ1n) is 9.54. The molecule has 29 heavy (non-hydrogen) atoms. The SMILES string of the molecule is CCN1C(=O)[C@@]2(CC(=O)Nc3c2cnn3-c2ccc(OC)cc2)c2ccccc21. The van der Waals surface area contributed by atoms with Crippen LogP contribution in [0, 0.1) is 0 Å². The van der Waals surface area contributed by atoms with Crippen molar-refractivity contribution < 1.29 is 14.3 Å². The van der Waals surface area contributed by atoms with E-state index >= 15 is 0 Å². The van der Waals surface area contributed by atoms with Crippen LogP contribution in [0.4, 0.5) is 11.5 Å². The van der Waals surface area contributed by atoms with Crippen LogP contribution in [0.5, 0.6) is 5.75 Å². The highest BCUT2D eigenvalue weighted by Crippen LogP contribution is 2.52. The Kier molecular flexibility index (Phi) is 3.74. The second kappa shape index (κ2) is 6.20. The quantitative estimate of drug-likeness (QED) is 0.749. The summed E-state index contributed by atoms with van der Waals surface area (Å²) in [5.74, 6) is 0.988. The van der Waals surface area contributed by atoms with Gasteiger partial charge in [-0.1, -0.05) is 18.2 Å². The smallest absolute Gasteiger partial charge is 0.242 e. The highest BCUT2D eigenvalue weighted by atomic mass is 16.5. The molecule has 0 unspecified atom stereocenters. The van der Waals surface area contributed by atoms with Crippen molar-refractivity contribution >= 4 is 23.3 Å². The molecule has 0 bridgehead atoms. The number of carbonyl (C=O) groups excluding carboxylic acids is 2. The molecule has 3 aromatic rings. The Bertz CT molecular complexity index is 1140. The fourth-order valence-electron chi connectivity index (χ4n) is 4.48. The molecular weight excluding hydrogens is 368 g/mol. The fourth-order valence-corrected chi connectivity index (χ4v) is 4.48. The molecule has 2 amide bonds. The number of nitrogens with zero attached hydrogens (tertiary/aromatic N) is 3. The highest BCUT2D eigenvalue weighted by Gasteiger charge is 2.56. The van der Waals surface area contributed by atoms with Gasteiger partial charge in [0, 0.05) is 24.2 Å². The van der Waals surface area contributed by atoms with E-state index in [4.69, 9.17) is 4.74 Å². The van der Waals surface area contributed by atoms with Crippen LogP contribution in [-0.4, -0.2) is 35.2 Å². The number of ether oxygens (including phenoxy) is 1. The summed E-state index contributed by atoms with van der Waals surface area (Å²) in [4.78, 5) is 28.1. The number of rotatable bonds is 3. The van der Waals surface area contributed by atoms with Crippen LogP contribution >= 0.6 is 0 Å². The number of amides is 2. The fraction of sp³-hybridized carbons (Fsp3) is 0.227. The lowest BCUT2D eigenvalue weighted by Gasteiger charge is -2.32. The van der Waals surface area contributed by atoms with Crippen LogP contribution < -0.4 is 15.0 Å². The molecule has 0 fully saturated rings. The van der Waals surface area contributed by atoms with Gasteiger partial charge in [0.2, 0.25) is 11.8 Å². The van der Waals surface area contributed by atoms with Crippen LogP contribution in [0.2, 0.25) is 0 Å². The number of anilines is 2. The number of nitrogens with one attached hydrogen (secondary N) is 1. The van der Waals surface area contributed by atoms with E-state index in [1.54, 1.807) is 22.9 Å². The molecule has 5 rings (SSSR count). The van der Waals surface area contributed by atoms with Crippen molar-refractivity contribution in [2.24, 2.45) is 0 Å². The number of fused-ring (bicyclic) bond motifs is 4. The largest absolute Gasteiger partial charge is 0.497 e. The monoisotopic (exact) mass is 388 g/mol. The van der Waals surface area contributed by atoms with Crippen LogP contribution in [0.1, 0.15) is 24.5 Å². The standard InChI is InChI=1S/C22H20N4O3/c1-3-25-18-7-5-4-6-16(18)22(21(25)28)12-19(27)24-20-17(22)13-23-26(20)14-8-10-15(29-2)11-9-14/h4-11,13H,3,12H2,1-2H3,(H,24,27)/t22-/m0/s1. The molecule has 3 heterocycles. The number of hydrogen-bond donors (Lipinski definition) is 1. The van der Waals surface area contributed by atoms with Gasteiger partial charge in [0.15, 0.2) is 0 Å². The average Bonchev–Trinajstić information content (AvgIpc) is 3.27. The molecule has 0 saturated heterocycles. The van der Waals surface area contributed by atoms with Crippen LogP contribution in [0.25, 0.3) is 5.69 Å². The molecule has 2 aliphatic heterocycles. The lowest BCUT2D eigenvalue weighted by Crippen LogP contribution is -2.46. The second-order valence-corrected chi connectivity index (χ2v) is 7.21. The topological polar surface area (TPSA) is 76.5 Å². The van der Waals surface area contributed by atoms with Crippen LogP contribution in [0.15, 0.2) is 54.7 Å². The van der Waals surface area contributed by atoms with Gasteiger partial charge in [-0.05, 0) is 42.8 Å². The molecule has 1 spiro atoms. The number of para-hydroxylation sites is 1. The first-order chi connectivity index (χ1) is 14.1. The molecule has 0 aliphatic carbocycles. The van der Waals surface area contributed by atoms with Crippen molar-refractivity contribution in [3.8, 4) is 11.4 Å². The molecular formula is C22H20N4O3. The summed E-state index contributed by atoms with van der Waals surface area (Å²) in [6.07, 6.45) is 1.77. The Morgan fingerprint density at radius 1 is 1.10 bits per heavy atom. The lowest BCUT2D eigenvalue weighted by molar-refractivity contribution is -0.126. The minimum Gasteiger partial charge on any atom is -0.497 e. The summed E-state index contributed by atoms with van der Waals surface area (Å²) < 4.78 is 6.88. The van der Waals surface area contributed by atoms with Crippen molar-refractivity contribution in [1.29, 1.82) is 0 Å². The Labute approximate surface area is 167 Å². The summed E-state index contributed by atoms with van der Waals surface area (Å²) in [6, 6.07) is 15.1. The van der Waals surface area contributed by atoms with Gasteiger partial charge >= 0.3 is 0 Å². The summed E-state index contributed by atoms with van der Waals surface area (Å²) in [7, 11) is 1.61. The number of likely N-dealkylation sites (N-methyl/N-ethyl adjacent to an activating group) is 1. The van der Waals surface area contributed by atoms with E-state index in [9.17, 15) is 9.59 Å². The highest BCUT2D eigenvalue weighted by molar-refractivity contribution is 6.15. The molecule has 1 atom stereocenters. The van der Waals surface area contributed by atoms with E-state index in [0.717, 1.165) is 28.3 Å². The molecule has 0 saturated carbocycles. The zero-order chi connectivity index (χ0) is 20.2. The number of hydrogen-bond acceptors (Lipinski definition) is 4. The average molecular weight is 388 g/mol. The Morgan fingerprint density at radius 3 is 2.59 bits per heavy atom. The van der Waals surface area contributed by atoms with Gasteiger partial charge in [0.25, 0.3) is 0 Å². The zero-order valence-corrected chi connectivity index (χ0v) is 16.2. The molecule has 146 valence electrons. The van der Waals surface area contributed by atoms with Gasteiger partial charge < -0.3 is 15.0 Å². The maximum atomic E-state index is 13.6. The van der Waals surface area contributed by atoms with E-state index < -0.39 is 5.41 Å².